The predicted molar refractivity (Wildman–Crippen MR) is 71.7 cm³/mol. The van der Waals surface area contributed by atoms with Crippen molar-refractivity contribution >= 4 is 17.4 Å². The molecule has 0 aromatic carbocycles. The Morgan fingerprint density at radius 1 is 1.28 bits per heavy atom. The van der Waals surface area contributed by atoms with Gasteiger partial charge < -0.3 is 5.73 Å². The summed E-state index contributed by atoms with van der Waals surface area (Å²) in [7, 11) is 0. The minimum atomic E-state index is -0.131. The summed E-state index contributed by atoms with van der Waals surface area (Å²) < 4.78 is 0. The molecule has 1 atom stereocenters. The van der Waals surface area contributed by atoms with Gasteiger partial charge in [0, 0.05) is 12.4 Å². The number of rotatable bonds is 4. The van der Waals surface area contributed by atoms with Crippen molar-refractivity contribution in [2.24, 2.45) is 5.84 Å². The van der Waals surface area contributed by atoms with Gasteiger partial charge in [0.15, 0.2) is 0 Å². The van der Waals surface area contributed by atoms with Gasteiger partial charge in [-0.1, -0.05) is 17.7 Å². The summed E-state index contributed by atoms with van der Waals surface area (Å²) >= 11 is 5.80. The van der Waals surface area contributed by atoms with Crippen LogP contribution >= 0.6 is 11.6 Å². The quantitative estimate of drug-likeness (QED) is 0.574. The van der Waals surface area contributed by atoms with E-state index >= 15 is 0 Å². The first-order valence-corrected chi connectivity index (χ1v) is 5.85. The SMILES string of the molecule is NNC(Cc1cccnc1N)c1ccc(Cl)cn1. The molecular formula is C12H14ClN5. The lowest BCUT2D eigenvalue weighted by Gasteiger charge is -2.16. The highest BCUT2D eigenvalue weighted by atomic mass is 35.5. The standard InChI is InChI=1S/C12H14ClN5/c13-9-3-4-10(17-7-9)11(18-15)6-8-2-1-5-16-12(8)14/h1-5,7,11,18H,6,15H2,(H2,14,16). The molecule has 0 aliphatic carbocycles. The molecule has 2 rings (SSSR count). The number of halogens is 1. The fraction of sp³-hybridized carbons (Fsp3) is 0.167. The van der Waals surface area contributed by atoms with Crippen molar-refractivity contribution in [1.29, 1.82) is 0 Å². The molecule has 2 aromatic rings. The normalized spacial score (nSPS) is 12.3. The fourth-order valence-electron chi connectivity index (χ4n) is 1.69. The van der Waals surface area contributed by atoms with Crippen LogP contribution in [0.3, 0.4) is 0 Å². The maximum atomic E-state index is 5.80. The molecule has 0 aliphatic heterocycles. The highest BCUT2D eigenvalue weighted by Crippen LogP contribution is 2.19. The summed E-state index contributed by atoms with van der Waals surface area (Å²) in [5.74, 6) is 6.06. The summed E-state index contributed by atoms with van der Waals surface area (Å²) in [5.41, 5.74) is 10.3. The summed E-state index contributed by atoms with van der Waals surface area (Å²) in [6, 6.07) is 7.24. The van der Waals surface area contributed by atoms with Crippen LogP contribution in [0.1, 0.15) is 17.3 Å². The van der Waals surface area contributed by atoms with Gasteiger partial charge in [-0.2, -0.15) is 0 Å². The second-order valence-electron chi connectivity index (χ2n) is 3.87. The number of hydrogen-bond donors (Lipinski definition) is 3. The van der Waals surface area contributed by atoms with Crippen LogP contribution in [0.2, 0.25) is 5.02 Å². The summed E-state index contributed by atoms with van der Waals surface area (Å²) in [6.07, 6.45) is 3.86. The van der Waals surface area contributed by atoms with E-state index in [-0.39, 0.29) is 6.04 Å². The number of hydrazine groups is 1. The first kappa shape index (κ1) is 12.8. The van der Waals surface area contributed by atoms with E-state index in [1.165, 1.54) is 0 Å². The Bertz CT molecular complexity index is 514. The van der Waals surface area contributed by atoms with Crippen molar-refractivity contribution in [2.75, 3.05) is 5.73 Å². The fourth-order valence-corrected chi connectivity index (χ4v) is 1.80. The smallest absolute Gasteiger partial charge is 0.126 e. The van der Waals surface area contributed by atoms with Gasteiger partial charge in [0.25, 0.3) is 0 Å². The number of nitrogens with one attached hydrogen (secondary N) is 1. The Labute approximate surface area is 110 Å². The summed E-state index contributed by atoms with van der Waals surface area (Å²) in [6.45, 7) is 0. The number of nitrogen functional groups attached to an aromatic ring is 1. The van der Waals surface area contributed by atoms with Crippen LogP contribution < -0.4 is 17.0 Å². The first-order chi connectivity index (χ1) is 8.70. The number of nitrogens with zero attached hydrogens (tertiary/aromatic N) is 2. The highest BCUT2D eigenvalue weighted by Gasteiger charge is 2.13. The van der Waals surface area contributed by atoms with Crippen LogP contribution in [-0.2, 0) is 6.42 Å². The molecule has 0 radical (unpaired) electrons. The van der Waals surface area contributed by atoms with Crippen molar-refractivity contribution in [1.82, 2.24) is 15.4 Å². The topological polar surface area (TPSA) is 89.8 Å². The molecule has 94 valence electrons. The molecule has 0 fully saturated rings. The Kier molecular flexibility index (Phi) is 4.09. The van der Waals surface area contributed by atoms with E-state index < -0.39 is 0 Å². The van der Waals surface area contributed by atoms with Crippen molar-refractivity contribution in [3.8, 4) is 0 Å². The van der Waals surface area contributed by atoms with Gasteiger partial charge in [-0.25, -0.2) is 4.98 Å². The van der Waals surface area contributed by atoms with Gasteiger partial charge >= 0.3 is 0 Å². The molecule has 0 amide bonds. The van der Waals surface area contributed by atoms with Crippen LogP contribution in [-0.4, -0.2) is 9.97 Å². The van der Waals surface area contributed by atoms with Crippen molar-refractivity contribution in [2.45, 2.75) is 12.5 Å². The molecule has 0 aliphatic rings. The van der Waals surface area contributed by atoms with Crippen molar-refractivity contribution < 1.29 is 0 Å². The lowest BCUT2D eigenvalue weighted by Crippen LogP contribution is -2.30. The molecule has 18 heavy (non-hydrogen) atoms. The number of nitrogens with two attached hydrogens (primary N) is 2. The van der Waals surface area contributed by atoms with E-state index in [2.05, 4.69) is 15.4 Å². The highest BCUT2D eigenvalue weighted by molar-refractivity contribution is 6.30. The van der Waals surface area contributed by atoms with Gasteiger partial charge in [0.2, 0.25) is 0 Å². The molecule has 5 nitrogen and oxygen atoms in total. The number of hydrogen-bond acceptors (Lipinski definition) is 5. The van der Waals surface area contributed by atoms with Gasteiger partial charge in [0.05, 0.1) is 16.8 Å². The number of anilines is 1. The average Bonchev–Trinajstić information content (AvgIpc) is 2.39. The second-order valence-corrected chi connectivity index (χ2v) is 4.31. The van der Waals surface area contributed by atoms with Gasteiger partial charge in [-0.05, 0) is 30.2 Å². The predicted octanol–water partition coefficient (Wildman–Crippen LogP) is 1.46. The van der Waals surface area contributed by atoms with Crippen molar-refractivity contribution in [3.05, 3.63) is 52.9 Å². The Morgan fingerprint density at radius 3 is 2.72 bits per heavy atom. The number of pyridine rings is 2. The number of aromatic nitrogens is 2. The Balaban J connectivity index is 2.20. The first-order valence-electron chi connectivity index (χ1n) is 5.47. The molecule has 0 spiro atoms. The third-order valence-electron chi connectivity index (χ3n) is 2.66. The van der Waals surface area contributed by atoms with E-state index in [9.17, 15) is 0 Å². The van der Waals surface area contributed by atoms with E-state index in [1.807, 2.05) is 18.2 Å². The van der Waals surface area contributed by atoms with E-state index in [1.54, 1.807) is 18.5 Å². The second kappa shape index (κ2) is 5.77. The van der Waals surface area contributed by atoms with Crippen LogP contribution in [0, 0.1) is 0 Å². The minimum absolute atomic E-state index is 0.131. The van der Waals surface area contributed by atoms with Crippen molar-refractivity contribution in [3.63, 3.8) is 0 Å². The zero-order valence-electron chi connectivity index (χ0n) is 9.68. The van der Waals surface area contributed by atoms with Crippen LogP contribution in [0.4, 0.5) is 5.82 Å². The van der Waals surface area contributed by atoms with Gasteiger partial charge in [-0.15, -0.1) is 0 Å². The monoisotopic (exact) mass is 263 g/mol. The zero-order chi connectivity index (χ0) is 13.0. The largest absolute Gasteiger partial charge is 0.383 e. The maximum Gasteiger partial charge on any atom is 0.126 e. The molecule has 0 saturated heterocycles. The molecule has 2 heterocycles. The molecular weight excluding hydrogens is 250 g/mol. The molecule has 5 N–H and O–H groups in total. The van der Waals surface area contributed by atoms with E-state index in [0.717, 1.165) is 11.3 Å². The van der Waals surface area contributed by atoms with Crippen LogP contribution in [0.25, 0.3) is 0 Å². The van der Waals surface area contributed by atoms with Crippen LogP contribution in [0.15, 0.2) is 36.7 Å². The Hall–Kier alpha value is -1.69. The maximum absolute atomic E-state index is 5.80. The molecule has 0 saturated carbocycles. The Morgan fingerprint density at radius 2 is 2.11 bits per heavy atom. The lowest BCUT2D eigenvalue weighted by molar-refractivity contribution is 0.538. The van der Waals surface area contributed by atoms with E-state index in [0.29, 0.717) is 17.3 Å². The third kappa shape index (κ3) is 2.95. The van der Waals surface area contributed by atoms with Gasteiger partial charge in [-0.3, -0.25) is 16.3 Å². The third-order valence-corrected chi connectivity index (χ3v) is 2.88. The lowest BCUT2D eigenvalue weighted by atomic mass is 10.0. The molecule has 2 aromatic heterocycles. The zero-order valence-corrected chi connectivity index (χ0v) is 10.4. The molecule has 6 heteroatoms. The molecule has 0 bridgehead atoms. The summed E-state index contributed by atoms with van der Waals surface area (Å²) in [4.78, 5) is 8.28. The molecule has 1 unspecified atom stereocenters. The average molecular weight is 264 g/mol. The van der Waals surface area contributed by atoms with Gasteiger partial charge in [0.1, 0.15) is 5.82 Å². The van der Waals surface area contributed by atoms with Crippen LogP contribution in [0.5, 0.6) is 0 Å². The van der Waals surface area contributed by atoms with E-state index in [4.69, 9.17) is 23.2 Å². The summed E-state index contributed by atoms with van der Waals surface area (Å²) in [5, 5.41) is 0.593. The minimum Gasteiger partial charge on any atom is -0.383 e.